The summed E-state index contributed by atoms with van der Waals surface area (Å²) in [6.07, 6.45) is 8.24. The molecule has 1 aromatic carbocycles. The second kappa shape index (κ2) is 6.69. The van der Waals surface area contributed by atoms with Crippen molar-refractivity contribution in [3.63, 3.8) is 0 Å². The standard InChI is InChI=1S/C18H28N2O/c1-13(20-16-6-4-3-5-7-16)10-15-8-9-18-17(11-15)19-12-14(2)21-18/h8-9,11,13-14,16,19-20H,3-7,10,12H2,1-2H3. The molecule has 2 N–H and O–H groups in total. The second-order valence-electron chi connectivity index (χ2n) is 6.75. The summed E-state index contributed by atoms with van der Waals surface area (Å²) >= 11 is 0. The summed E-state index contributed by atoms with van der Waals surface area (Å²) in [5, 5.41) is 7.26. The molecule has 2 aliphatic rings. The molecule has 0 saturated heterocycles. The first kappa shape index (κ1) is 14.7. The van der Waals surface area contributed by atoms with Crippen molar-refractivity contribution in [2.24, 2.45) is 0 Å². The molecule has 2 unspecified atom stereocenters. The Kier molecular flexibility index (Phi) is 4.69. The van der Waals surface area contributed by atoms with Crippen LogP contribution in [0.2, 0.25) is 0 Å². The van der Waals surface area contributed by atoms with E-state index in [1.165, 1.54) is 37.7 Å². The summed E-state index contributed by atoms with van der Waals surface area (Å²) in [6.45, 7) is 5.30. The van der Waals surface area contributed by atoms with Crippen LogP contribution in [0.15, 0.2) is 18.2 Å². The molecule has 0 aromatic heterocycles. The molecule has 2 atom stereocenters. The summed E-state index contributed by atoms with van der Waals surface area (Å²) in [5.74, 6) is 0.991. The Balaban J connectivity index is 1.57. The van der Waals surface area contributed by atoms with Crippen LogP contribution in [0.5, 0.6) is 5.75 Å². The van der Waals surface area contributed by atoms with Gasteiger partial charge in [0.25, 0.3) is 0 Å². The zero-order valence-electron chi connectivity index (χ0n) is 13.3. The van der Waals surface area contributed by atoms with E-state index in [1.807, 2.05) is 0 Å². The fourth-order valence-corrected chi connectivity index (χ4v) is 3.54. The van der Waals surface area contributed by atoms with E-state index < -0.39 is 0 Å². The number of anilines is 1. The first-order chi connectivity index (χ1) is 10.2. The molecule has 1 fully saturated rings. The van der Waals surface area contributed by atoms with Gasteiger partial charge in [-0.25, -0.2) is 0 Å². The van der Waals surface area contributed by atoms with E-state index in [1.54, 1.807) is 0 Å². The van der Waals surface area contributed by atoms with E-state index in [0.717, 1.165) is 30.4 Å². The molecule has 0 amide bonds. The highest BCUT2D eigenvalue weighted by molar-refractivity contribution is 5.59. The highest BCUT2D eigenvalue weighted by Crippen LogP contribution is 2.30. The zero-order valence-corrected chi connectivity index (χ0v) is 13.3. The third kappa shape index (κ3) is 3.91. The van der Waals surface area contributed by atoms with Crippen LogP contribution < -0.4 is 15.4 Å². The maximum absolute atomic E-state index is 5.84. The fraction of sp³-hybridized carbons (Fsp3) is 0.667. The fourth-order valence-electron chi connectivity index (χ4n) is 3.54. The molecular weight excluding hydrogens is 260 g/mol. The third-order valence-corrected chi connectivity index (χ3v) is 4.62. The highest BCUT2D eigenvalue weighted by atomic mass is 16.5. The zero-order chi connectivity index (χ0) is 14.7. The van der Waals surface area contributed by atoms with Gasteiger partial charge in [-0.1, -0.05) is 25.3 Å². The number of hydrogen-bond donors (Lipinski definition) is 2. The van der Waals surface area contributed by atoms with Crippen molar-refractivity contribution >= 4 is 5.69 Å². The van der Waals surface area contributed by atoms with E-state index in [4.69, 9.17) is 4.74 Å². The lowest BCUT2D eigenvalue weighted by Crippen LogP contribution is -2.38. The minimum absolute atomic E-state index is 0.259. The van der Waals surface area contributed by atoms with Crippen molar-refractivity contribution in [1.29, 1.82) is 0 Å². The molecule has 3 rings (SSSR count). The summed E-state index contributed by atoms with van der Waals surface area (Å²) in [5.41, 5.74) is 2.53. The van der Waals surface area contributed by atoms with E-state index in [2.05, 4.69) is 42.7 Å². The van der Waals surface area contributed by atoms with Crippen LogP contribution in [0.25, 0.3) is 0 Å². The largest absolute Gasteiger partial charge is 0.487 e. The van der Waals surface area contributed by atoms with Crippen molar-refractivity contribution in [2.75, 3.05) is 11.9 Å². The molecule has 21 heavy (non-hydrogen) atoms. The SMILES string of the molecule is CC(Cc1ccc2c(c1)NCC(C)O2)NC1CCCCC1. The summed E-state index contributed by atoms with van der Waals surface area (Å²) in [6, 6.07) is 7.83. The monoisotopic (exact) mass is 288 g/mol. The number of nitrogens with one attached hydrogen (secondary N) is 2. The van der Waals surface area contributed by atoms with Crippen LogP contribution in [0.3, 0.4) is 0 Å². The van der Waals surface area contributed by atoms with Crippen molar-refractivity contribution < 1.29 is 4.74 Å². The molecule has 0 spiro atoms. The molecule has 1 saturated carbocycles. The average Bonchev–Trinajstić information content (AvgIpc) is 2.48. The minimum atomic E-state index is 0.259. The molecule has 116 valence electrons. The molecule has 3 heteroatoms. The first-order valence-electron chi connectivity index (χ1n) is 8.50. The van der Waals surface area contributed by atoms with Gasteiger partial charge in [0.1, 0.15) is 11.9 Å². The summed E-state index contributed by atoms with van der Waals surface area (Å²) < 4.78 is 5.84. The van der Waals surface area contributed by atoms with Gasteiger partial charge in [0.15, 0.2) is 0 Å². The Hall–Kier alpha value is -1.22. The molecule has 1 heterocycles. The van der Waals surface area contributed by atoms with Crippen molar-refractivity contribution in [3.8, 4) is 5.75 Å². The van der Waals surface area contributed by atoms with Gasteiger partial charge in [-0.15, -0.1) is 0 Å². The highest BCUT2D eigenvalue weighted by Gasteiger charge is 2.18. The van der Waals surface area contributed by atoms with E-state index in [9.17, 15) is 0 Å². The molecule has 3 nitrogen and oxygen atoms in total. The van der Waals surface area contributed by atoms with Crippen LogP contribution in [0, 0.1) is 0 Å². The second-order valence-corrected chi connectivity index (χ2v) is 6.75. The minimum Gasteiger partial charge on any atom is -0.487 e. The maximum atomic E-state index is 5.84. The Morgan fingerprint density at radius 1 is 1.29 bits per heavy atom. The molecule has 0 radical (unpaired) electrons. The van der Waals surface area contributed by atoms with Crippen molar-refractivity contribution in [3.05, 3.63) is 23.8 Å². The number of hydrogen-bond acceptors (Lipinski definition) is 3. The third-order valence-electron chi connectivity index (χ3n) is 4.62. The lowest BCUT2D eigenvalue weighted by molar-refractivity contribution is 0.226. The smallest absolute Gasteiger partial charge is 0.142 e. The van der Waals surface area contributed by atoms with E-state index in [0.29, 0.717) is 6.04 Å². The summed E-state index contributed by atoms with van der Waals surface area (Å²) in [4.78, 5) is 0. The van der Waals surface area contributed by atoms with Gasteiger partial charge in [0.05, 0.1) is 12.2 Å². The molecular formula is C18H28N2O. The predicted molar refractivity (Wildman–Crippen MR) is 88.2 cm³/mol. The Morgan fingerprint density at radius 2 is 2.10 bits per heavy atom. The normalized spacial score (nSPS) is 23.8. The van der Waals surface area contributed by atoms with Gasteiger partial charge in [-0.05, 0) is 50.8 Å². The van der Waals surface area contributed by atoms with Crippen molar-refractivity contribution in [2.45, 2.75) is 70.6 Å². The Morgan fingerprint density at radius 3 is 2.90 bits per heavy atom. The number of benzene rings is 1. The molecule has 1 aliphatic carbocycles. The van der Waals surface area contributed by atoms with Crippen LogP contribution in [-0.4, -0.2) is 24.7 Å². The first-order valence-corrected chi connectivity index (χ1v) is 8.50. The summed E-state index contributed by atoms with van der Waals surface area (Å²) in [7, 11) is 0. The number of fused-ring (bicyclic) bond motifs is 1. The maximum Gasteiger partial charge on any atom is 0.142 e. The van der Waals surface area contributed by atoms with E-state index >= 15 is 0 Å². The average molecular weight is 288 g/mol. The van der Waals surface area contributed by atoms with Gasteiger partial charge >= 0.3 is 0 Å². The van der Waals surface area contributed by atoms with Gasteiger partial charge < -0.3 is 15.4 Å². The number of rotatable bonds is 4. The topological polar surface area (TPSA) is 33.3 Å². The molecule has 1 aliphatic heterocycles. The number of ether oxygens (including phenoxy) is 1. The Labute approximate surface area is 128 Å². The lowest BCUT2D eigenvalue weighted by Gasteiger charge is -2.28. The van der Waals surface area contributed by atoms with Crippen molar-refractivity contribution in [1.82, 2.24) is 5.32 Å². The quantitative estimate of drug-likeness (QED) is 0.885. The molecule has 0 bridgehead atoms. The van der Waals surface area contributed by atoms with Gasteiger partial charge in [0.2, 0.25) is 0 Å². The van der Waals surface area contributed by atoms with Gasteiger partial charge in [-0.2, -0.15) is 0 Å². The van der Waals surface area contributed by atoms with Crippen LogP contribution in [0.1, 0.15) is 51.5 Å². The van der Waals surface area contributed by atoms with E-state index in [-0.39, 0.29) is 6.10 Å². The Bertz CT molecular complexity index is 468. The van der Waals surface area contributed by atoms with Crippen LogP contribution in [-0.2, 0) is 6.42 Å². The molecule has 1 aromatic rings. The van der Waals surface area contributed by atoms with Gasteiger partial charge in [-0.3, -0.25) is 0 Å². The van der Waals surface area contributed by atoms with Crippen LogP contribution >= 0.6 is 0 Å². The predicted octanol–water partition coefficient (Wildman–Crippen LogP) is 3.73. The van der Waals surface area contributed by atoms with Gasteiger partial charge in [0, 0.05) is 12.1 Å². The lowest BCUT2D eigenvalue weighted by atomic mass is 9.94. The van der Waals surface area contributed by atoms with Crippen LogP contribution in [0.4, 0.5) is 5.69 Å².